The summed E-state index contributed by atoms with van der Waals surface area (Å²) in [7, 11) is 0. The van der Waals surface area contributed by atoms with Gasteiger partial charge >= 0.3 is 6.18 Å². The van der Waals surface area contributed by atoms with Crippen LogP contribution in [0.3, 0.4) is 0 Å². The van der Waals surface area contributed by atoms with Crippen LogP contribution in [0.15, 0.2) is 28.9 Å². The summed E-state index contributed by atoms with van der Waals surface area (Å²) < 4.78 is 42.4. The van der Waals surface area contributed by atoms with Crippen molar-refractivity contribution in [1.29, 1.82) is 0 Å². The molecule has 0 saturated carbocycles. The molecule has 0 unspecified atom stereocenters. The number of amides is 2. The van der Waals surface area contributed by atoms with Crippen LogP contribution >= 0.6 is 0 Å². The van der Waals surface area contributed by atoms with Crippen LogP contribution in [0, 0.1) is 12.8 Å². The number of hydrogen-bond acceptors (Lipinski definition) is 5. The molecule has 7 nitrogen and oxygen atoms in total. The minimum Gasteiger partial charge on any atom is -0.342 e. The predicted molar refractivity (Wildman–Crippen MR) is 101 cm³/mol. The molecule has 0 radical (unpaired) electrons. The van der Waals surface area contributed by atoms with Crippen molar-refractivity contribution in [3.8, 4) is 0 Å². The molecule has 30 heavy (non-hydrogen) atoms. The largest absolute Gasteiger partial charge is 0.416 e. The van der Waals surface area contributed by atoms with E-state index in [9.17, 15) is 22.8 Å². The Hall–Kier alpha value is -2.91. The molecule has 2 aromatic rings. The third-order valence-corrected chi connectivity index (χ3v) is 5.21. The van der Waals surface area contributed by atoms with Crippen molar-refractivity contribution in [2.24, 2.45) is 5.92 Å². The molecule has 0 aliphatic carbocycles. The standard InChI is InChI=1S/C20H23F3N4O3/c1-13-17(26-30-25-13)11-19(29)27-10-2-3-14(12-27)4-9-18(28)24-16-7-5-15(6-8-16)20(21,22)23/h5-8,14H,2-4,9-12H2,1H3,(H,24,28)/t14-/m1/s1. The van der Waals surface area contributed by atoms with E-state index in [1.54, 1.807) is 11.8 Å². The lowest BCUT2D eigenvalue weighted by Gasteiger charge is -2.32. The minimum atomic E-state index is -4.41. The van der Waals surface area contributed by atoms with Crippen molar-refractivity contribution < 1.29 is 27.4 Å². The summed E-state index contributed by atoms with van der Waals surface area (Å²) in [5.74, 6) is -0.118. The molecule has 0 spiro atoms. The molecule has 1 N–H and O–H groups in total. The number of nitrogens with one attached hydrogen (secondary N) is 1. The summed E-state index contributed by atoms with van der Waals surface area (Å²) in [6, 6.07) is 4.35. The van der Waals surface area contributed by atoms with Crippen LogP contribution in [0.4, 0.5) is 18.9 Å². The van der Waals surface area contributed by atoms with Gasteiger partial charge in [-0.25, -0.2) is 4.63 Å². The topological polar surface area (TPSA) is 88.3 Å². The van der Waals surface area contributed by atoms with Crippen LogP contribution in [0.25, 0.3) is 0 Å². The quantitative estimate of drug-likeness (QED) is 0.766. The number of anilines is 1. The number of likely N-dealkylation sites (tertiary alicyclic amines) is 1. The van der Waals surface area contributed by atoms with Crippen molar-refractivity contribution in [3.05, 3.63) is 41.2 Å². The number of aryl methyl sites for hydroxylation is 1. The molecule has 1 saturated heterocycles. The first-order valence-electron chi connectivity index (χ1n) is 9.75. The van der Waals surface area contributed by atoms with E-state index in [4.69, 9.17) is 0 Å². The average molecular weight is 424 g/mol. The maximum absolute atomic E-state index is 12.6. The summed E-state index contributed by atoms with van der Waals surface area (Å²) >= 11 is 0. The molecular formula is C20H23F3N4O3. The highest BCUT2D eigenvalue weighted by atomic mass is 19.4. The molecule has 1 fully saturated rings. The molecule has 1 aliphatic rings. The lowest BCUT2D eigenvalue weighted by molar-refractivity contribution is -0.137. The van der Waals surface area contributed by atoms with Gasteiger partial charge in [-0.3, -0.25) is 9.59 Å². The van der Waals surface area contributed by atoms with Gasteiger partial charge in [0.25, 0.3) is 0 Å². The summed E-state index contributed by atoms with van der Waals surface area (Å²) in [6.45, 7) is 2.96. The van der Waals surface area contributed by atoms with Crippen molar-refractivity contribution in [2.45, 2.75) is 45.2 Å². The van der Waals surface area contributed by atoms with Crippen molar-refractivity contribution >= 4 is 17.5 Å². The number of hydrogen-bond donors (Lipinski definition) is 1. The molecule has 1 atom stereocenters. The number of rotatable bonds is 6. The predicted octanol–water partition coefficient (Wildman–Crippen LogP) is 3.60. The molecular weight excluding hydrogens is 401 g/mol. The third kappa shape index (κ3) is 5.80. The highest BCUT2D eigenvalue weighted by Gasteiger charge is 2.30. The normalized spacial score (nSPS) is 17.1. The Morgan fingerprint density at radius 3 is 2.60 bits per heavy atom. The Balaban J connectivity index is 1.45. The molecule has 10 heteroatoms. The second-order valence-electron chi connectivity index (χ2n) is 7.48. The first-order chi connectivity index (χ1) is 14.2. The first-order valence-corrected chi connectivity index (χ1v) is 9.75. The molecule has 2 heterocycles. The van der Waals surface area contributed by atoms with Gasteiger partial charge in [0, 0.05) is 25.2 Å². The molecule has 3 rings (SSSR count). The Morgan fingerprint density at radius 2 is 1.97 bits per heavy atom. The monoisotopic (exact) mass is 424 g/mol. The van der Waals surface area contributed by atoms with E-state index >= 15 is 0 Å². The van der Waals surface area contributed by atoms with Crippen LogP contribution in [0.1, 0.15) is 42.6 Å². The number of alkyl halides is 3. The molecule has 0 bridgehead atoms. The van der Waals surface area contributed by atoms with Gasteiger partial charge in [0.1, 0.15) is 11.4 Å². The van der Waals surface area contributed by atoms with Crippen molar-refractivity contribution in [1.82, 2.24) is 15.2 Å². The Morgan fingerprint density at radius 1 is 1.23 bits per heavy atom. The van der Waals surface area contributed by atoms with Crippen LogP contribution < -0.4 is 5.32 Å². The maximum atomic E-state index is 12.6. The van der Waals surface area contributed by atoms with E-state index in [1.165, 1.54) is 12.1 Å². The fourth-order valence-electron chi connectivity index (χ4n) is 3.49. The fourth-order valence-corrected chi connectivity index (χ4v) is 3.49. The van der Waals surface area contributed by atoms with Crippen LogP contribution in [-0.2, 0) is 22.2 Å². The molecule has 2 amide bonds. The zero-order valence-electron chi connectivity index (χ0n) is 16.5. The summed E-state index contributed by atoms with van der Waals surface area (Å²) in [4.78, 5) is 26.4. The van der Waals surface area contributed by atoms with Crippen LogP contribution in [-0.4, -0.2) is 40.1 Å². The number of benzene rings is 1. The van der Waals surface area contributed by atoms with Gasteiger partial charge < -0.3 is 10.2 Å². The van der Waals surface area contributed by atoms with Gasteiger partial charge in [0.15, 0.2) is 0 Å². The highest BCUT2D eigenvalue weighted by Crippen LogP contribution is 2.30. The SMILES string of the molecule is Cc1nonc1CC(=O)N1CCC[C@H](CCC(=O)Nc2ccc(C(F)(F)F)cc2)C1. The number of aromatic nitrogens is 2. The van der Waals surface area contributed by atoms with Crippen molar-refractivity contribution in [2.75, 3.05) is 18.4 Å². The zero-order valence-corrected chi connectivity index (χ0v) is 16.5. The number of carbonyl (C=O) groups is 2. The van der Waals surface area contributed by atoms with Crippen molar-refractivity contribution in [3.63, 3.8) is 0 Å². The van der Waals surface area contributed by atoms with Gasteiger partial charge in [-0.05, 0) is 56.4 Å². The van der Waals surface area contributed by atoms with E-state index in [2.05, 4.69) is 20.3 Å². The van der Waals surface area contributed by atoms with Crippen LogP contribution in [0.2, 0.25) is 0 Å². The lowest BCUT2D eigenvalue weighted by Crippen LogP contribution is -2.41. The van der Waals surface area contributed by atoms with Gasteiger partial charge in [-0.1, -0.05) is 10.3 Å². The maximum Gasteiger partial charge on any atom is 0.416 e. The smallest absolute Gasteiger partial charge is 0.342 e. The van der Waals surface area contributed by atoms with Gasteiger partial charge in [-0.15, -0.1) is 0 Å². The Bertz CT molecular complexity index is 880. The molecule has 1 aliphatic heterocycles. The number of piperidine rings is 1. The van der Waals surface area contributed by atoms with Crippen LogP contribution in [0.5, 0.6) is 0 Å². The van der Waals surface area contributed by atoms with E-state index < -0.39 is 11.7 Å². The van der Waals surface area contributed by atoms with E-state index in [0.29, 0.717) is 36.6 Å². The third-order valence-electron chi connectivity index (χ3n) is 5.21. The Labute approximate surface area is 171 Å². The number of nitrogens with zero attached hydrogens (tertiary/aromatic N) is 3. The van der Waals surface area contributed by atoms with Gasteiger partial charge in [0.2, 0.25) is 11.8 Å². The summed E-state index contributed by atoms with van der Waals surface area (Å²) in [6.07, 6.45) is -1.66. The second kappa shape index (κ2) is 9.27. The summed E-state index contributed by atoms with van der Waals surface area (Å²) in [5, 5.41) is 10.0. The molecule has 162 valence electrons. The van der Waals surface area contributed by atoms with Gasteiger partial charge in [0.05, 0.1) is 12.0 Å². The average Bonchev–Trinajstić information content (AvgIpc) is 3.11. The highest BCUT2D eigenvalue weighted by molar-refractivity contribution is 5.90. The zero-order chi connectivity index (χ0) is 21.7. The van der Waals surface area contributed by atoms with E-state index in [1.807, 2.05) is 0 Å². The Kier molecular flexibility index (Phi) is 6.73. The van der Waals surface area contributed by atoms with E-state index in [-0.39, 0.29) is 30.6 Å². The van der Waals surface area contributed by atoms with Gasteiger partial charge in [-0.2, -0.15) is 13.2 Å². The number of carbonyl (C=O) groups excluding carboxylic acids is 2. The molecule has 1 aromatic carbocycles. The lowest BCUT2D eigenvalue weighted by atomic mass is 9.93. The second-order valence-corrected chi connectivity index (χ2v) is 7.48. The minimum absolute atomic E-state index is 0.0484. The van der Waals surface area contributed by atoms with E-state index in [0.717, 1.165) is 25.0 Å². The first kappa shape index (κ1) is 21.8. The number of halogens is 3. The summed E-state index contributed by atoms with van der Waals surface area (Å²) in [5.41, 5.74) is 0.684. The fraction of sp³-hybridized carbons (Fsp3) is 0.500. The molecule has 1 aromatic heterocycles.